The summed E-state index contributed by atoms with van der Waals surface area (Å²) in [7, 11) is 1.70. The summed E-state index contributed by atoms with van der Waals surface area (Å²) >= 11 is 5.80. The molecule has 1 heterocycles. The molecule has 2 unspecified atom stereocenters. The Morgan fingerprint density at radius 3 is 2.48 bits per heavy atom. The van der Waals surface area contributed by atoms with Gasteiger partial charge in [-0.15, -0.1) is 0 Å². The second kappa shape index (κ2) is 7.33. The van der Waals surface area contributed by atoms with Crippen LogP contribution in [0.5, 0.6) is 0 Å². The maximum Gasteiger partial charge on any atom is 0.261 e. The number of carbonyl (C=O) groups is 2. The van der Waals surface area contributed by atoms with Crippen LogP contribution in [0.3, 0.4) is 0 Å². The molecule has 7 nitrogen and oxygen atoms in total. The van der Waals surface area contributed by atoms with Gasteiger partial charge in [0.15, 0.2) is 0 Å². The van der Waals surface area contributed by atoms with E-state index in [-0.39, 0.29) is 28.6 Å². The molecule has 0 spiro atoms. The Morgan fingerprint density at radius 2 is 1.90 bits per heavy atom. The van der Waals surface area contributed by atoms with Gasteiger partial charge < -0.3 is 16.8 Å². The first-order chi connectivity index (χ1) is 13.7. The zero-order valence-electron chi connectivity index (χ0n) is 16.0. The number of aromatic nitrogens is 2. The van der Waals surface area contributed by atoms with Crippen LogP contribution in [0.15, 0.2) is 18.2 Å². The molecule has 9 heteroatoms. The van der Waals surface area contributed by atoms with Gasteiger partial charge in [-0.05, 0) is 55.7 Å². The van der Waals surface area contributed by atoms with Crippen LogP contribution in [0.25, 0.3) is 0 Å². The Balaban J connectivity index is 1.56. The highest BCUT2D eigenvalue weighted by Gasteiger charge is 2.45. The van der Waals surface area contributed by atoms with E-state index in [1.807, 2.05) is 0 Å². The molecule has 0 saturated heterocycles. The quantitative estimate of drug-likeness (QED) is 0.706. The van der Waals surface area contributed by atoms with Gasteiger partial charge in [0.2, 0.25) is 5.91 Å². The number of halogens is 2. The number of benzene rings is 1. The van der Waals surface area contributed by atoms with E-state index in [1.165, 1.54) is 22.9 Å². The first kappa shape index (κ1) is 19.7. The molecule has 2 atom stereocenters. The number of anilines is 2. The number of fused-ring (bicyclic) bond motifs is 1. The number of nitrogens with two attached hydrogens (primary N) is 2. The lowest BCUT2D eigenvalue weighted by Crippen LogP contribution is -2.21. The zero-order valence-corrected chi connectivity index (χ0v) is 16.7. The van der Waals surface area contributed by atoms with Crippen LogP contribution >= 0.6 is 11.6 Å². The summed E-state index contributed by atoms with van der Waals surface area (Å²) in [6, 6.07) is 3.99. The first-order valence-corrected chi connectivity index (χ1v) is 10.0. The summed E-state index contributed by atoms with van der Waals surface area (Å²) in [5, 5.41) is 7.18. The summed E-state index contributed by atoms with van der Waals surface area (Å²) in [6.07, 6.45) is 3.31. The van der Waals surface area contributed by atoms with Crippen molar-refractivity contribution >= 4 is 34.9 Å². The molecule has 0 aliphatic heterocycles. The molecule has 154 valence electrons. The van der Waals surface area contributed by atoms with E-state index in [4.69, 9.17) is 23.1 Å². The van der Waals surface area contributed by atoms with E-state index in [9.17, 15) is 14.0 Å². The largest absolute Gasteiger partial charge is 0.383 e. The van der Waals surface area contributed by atoms with Crippen molar-refractivity contribution in [1.82, 2.24) is 9.78 Å². The maximum atomic E-state index is 13.4. The van der Waals surface area contributed by atoms with Crippen molar-refractivity contribution in [2.24, 2.45) is 30.5 Å². The minimum atomic E-state index is -0.557. The Labute approximate surface area is 172 Å². The molecule has 5 N–H and O–H groups in total. The van der Waals surface area contributed by atoms with Crippen molar-refractivity contribution in [3.05, 3.63) is 40.3 Å². The lowest BCUT2D eigenvalue weighted by molar-refractivity contribution is -0.121. The minimum Gasteiger partial charge on any atom is -0.383 e. The average Bonchev–Trinajstić information content (AvgIpc) is 3.30. The summed E-state index contributed by atoms with van der Waals surface area (Å²) in [5.41, 5.74) is 13.0. The van der Waals surface area contributed by atoms with Gasteiger partial charge in [0.1, 0.15) is 17.2 Å². The number of nitrogens with zero attached hydrogens (tertiary/aromatic N) is 2. The molecule has 2 aliphatic rings. The van der Waals surface area contributed by atoms with Gasteiger partial charge in [-0.1, -0.05) is 11.6 Å². The van der Waals surface area contributed by atoms with Gasteiger partial charge in [-0.3, -0.25) is 14.3 Å². The van der Waals surface area contributed by atoms with Gasteiger partial charge in [0.25, 0.3) is 5.91 Å². The third-order valence-electron chi connectivity index (χ3n) is 6.33. The van der Waals surface area contributed by atoms with Crippen LogP contribution in [-0.2, 0) is 11.8 Å². The highest BCUT2D eigenvalue weighted by Crippen LogP contribution is 2.52. The molecule has 2 amide bonds. The molecule has 29 heavy (non-hydrogen) atoms. The highest BCUT2D eigenvalue weighted by molar-refractivity contribution is 6.31. The Bertz CT molecular complexity index is 977. The fourth-order valence-electron chi connectivity index (χ4n) is 4.92. The van der Waals surface area contributed by atoms with Crippen molar-refractivity contribution in [2.45, 2.75) is 31.6 Å². The number of hydrogen-bond donors (Lipinski definition) is 3. The summed E-state index contributed by atoms with van der Waals surface area (Å²) in [6.45, 7) is 0. The molecule has 2 aromatic rings. The number of carbonyl (C=O) groups excluding carboxylic acids is 2. The molecule has 2 aliphatic carbocycles. The molecular weight excluding hydrogens is 397 g/mol. The number of hydrogen-bond acceptors (Lipinski definition) is 4. The number of primary amides is 1. The molecule has 0 bridgehead atoms. The Kier molecular flexibility index (Phi) is 4.98. The van der Waals surface area contributed by atoms with Gasteiger partial charge in [0, 0.05) is 24.6 Å². The number of nitrogen functional groups attached to an aromatic ring is 1. The molecule has 4 rings (SSSR count). The first-order valence-electron chi connectivity index (χ1n) is 9.62. The van der Waals surface area contributed by atoms with E-state index in [0.717, 1.165) is 25.7 Å². The van der Waals surface area contributed by atoms with Crippen molar-refractivity contribution in [1.29, 1.82) is 0 Å². The standard InChI is InChI=1S/C20H23ClFN5O2/c1-27-18(23)16(20(29)25-13-2-3-15(22)14(21)8-13)17(26-27)11-4-9-6-12(19(24)28)7-10(9)5-11/h2-3,8-12H,4-7,23H2,1H3,(H2,24,28)(H,25,29). The number of rotatable bonds is 4. The number of amides is 2. The monoisotopic (exact) mass is 419 g/mol. The third-order valence-corrected chi connectivity index (χ3v) is 6.62. The van der Waals surface area contributed by atoms with Gasteiger partial charge >= 0.3 is 0 Å². The minimum absolute atomic E-state index is 0.0502. The van der Waals surface area contributed by atoms with Crippen LogP contribution in [-0.4, -0.2) is 21.6 Å². The van der Waals surface area contributed by atoms with Crippen LogP contribution in [0.2, 0.25) is 5.02 Å². The Morgan fingerprint density at radius 1 is 1.24 bits per heavy atom. The molecule has 2 saturated carbocycles. The normalized spacial score (nSPS) is 25.8. The van der Waals surface area contributed by atoms with E-state index < -0.39 is 11.7 Å². The number of nitrogens with one attached hydrogen (secondary N) is 1. The fourth-order valence-corrected chi connectivity index (χ4v) is 5.10. The molecule has 0 radical (unpaired) electrons. The van der Waals surface area contributed by atoms with E-state index in [1.54, 1.807) is 7.05 Å². The smallest absolute Gasteiger partial charge is 0.261 e. The Hall–Kier alpha value is -2.61. The van der Waals surface area contributed by atoms with Gasteiger partial charge in [-0.2, -0.15) is 5.10 Å². The second-order valence-corrected chi connectivity index (χ2v) is 8.52. The predicted octanol–water partition coefficient (Wildman–Crippen LogP) is 3.05. The predicted molar refractivity (Wildman–Crippen MR) is 108 cm³/mol. The third kappa shape index (κ3) is 3.57. The van der Waals surface area contributed by atoms with Crippen LogP contribution < -0.4 is 16.8 Å². The topological polar surface area (TPSA) is 116 Å². The zero-order chi connectivity index (χ0) is 20.9. The van der Waals surface area contributed by atoms with Crippen molar-refractivity contribution in [3.63, 3.8) is 0 Å². The molecule has 2 fully saturated rings. The maximum absolute atomic E-state index is 13.4. The molecular formula is C20H23ClFN5O2. The van der Waals surface area contributed by atoms with Crippen molar-refractivity contribution in [2.75, 3.05) is 11.1 Å². The van der Waals surface area contributed by atoms with Crippen molar-refractivity contribution in [3.8, 4) is 0 Å². The van der Waals surface area contributed by atoms with Crippen LogP contribution in [0.4, 0.5) is 15.9 Å². The summed E-state index contributed by atoms with van der Waals surface area (Å²) in [5.74, 6) is -0.0436. The highest BCUT2D eigenvalue weighted by atomic mass is 35.5. The molecule has 1 aromatic carbocycles. The number of aryl methyl sites for hydroxylation is 1. The average molecular weight is 420 g/mol. The van der Waals surface area contributed by atoms with Crippen LogP contribution in [0.1, 0.15) is 47.7 Å². The van der Waals surface area contributed by atoms with Crippen molar-refractivity contribution < 1.29 is 14.0 Å². The lowest BCUT2D eigenvalue weighted by Gasteiger charge is -2.13. The molecule has 1 aromatic heterocycles. The van der Waals surface area contributed by atoms with Crippen LogP contribution in [0, 0.1) is 23.6 Å². The van der Waals surface area contributed by atoms with E-state index in [0.29, 0.717) is 28.8 Å². The van der Waals surface area contributed by atoms with Gasteiger partial charge in [0.05, 0.1) is 10.7 Å². The lowest BCUT2D eigenvalue weighted by atomic mass is 9.93. The summed E-state index contributed by atoms with van der Waals surface area (Å²) < 4.78 is 14.9. The SMILES string of the molecule is Cn1nc(C2CC3CC(C(N)=O)CC3C2)c(C(=O)Nc2ccc(F)c(Cl)c2)c1N. The van der Waals surface area contributed by atoms with E-state index >= 15 is 0 Å². The summed E-state index contributed by atoms with van der Waals surface area (Å²) in [4.78, 5) is 24.5. The van der Waals surface area contributed by atoms with Gasteiger partial charge in [-0.25, -0.2) is 4.39 Å². The fraction of sp³-hybridized carbons (Fsp3) is 0.450. The second-order valence-electron chi connectivity index (χ2n) is 8.11. The van der Waals surface area contributed by atoms with E-state index in [2.05, 4.69) is 10.4 Å².